The van der Waals surface area contributed by atoms with Crippen molar-refractivity contribution in [3.05, 3.63) is 28.0 Å². The first kappa shape index (κ1) is 11.2. The number of hydrogen-bond acceptors (Lipinski definition) is 4. The zero-order chi connectivity index (χ0) is 11.5. The number of ether oxygens (including phenoxy) is 2. The predicted octanol–water partition coefficient (Wildman–Crippen LogP) is 3.48. The van der Waals surface area contributed by atoms with Crippen LogP contribution in [-0.4, -0.2) is 19.2 Å². The van der Waals surface area contributed by atoms with Gasteiger partial charge in [-0.3, -0.25) is 0 Å². The van der Waals surface area contributed by atoms with Crippen molar-refractivity contribution >= 4 is 22.9 Å². The maximum Gasteiger partial charge on any atom is 0.184 e. The van der Waals surface area contributed by atoms with Crippen LogP contribution in [0.25, 0.3) is 11.3 Å². The van der Waals surface area contributed by atoms with Crippen molar-refractivity contribution in [3.63, 3.8) is 0 Å². The Morgan fingerprint density at radius 1 is 1.25 bits per heavy atom. The van der Waals surface area contributed by atoms with Crippen molar-refractivity contribution in [2.24, 2.45) is 0 Å². The normalized spacial score (nSPS) is 10.2. The minimum Gasteiger partial charge on any atom is -0.497 e. The van der Waals surface area contributed by atoms with Crippen LogP contribution in [0.5, 0.6) is 11.5 Å². The van der Waals surface area contributed by atoms with Crippen molar-refractivity contribution in [1.29, 1.82) is 0 Å². The van der Waals surface area contributed by atoms with Gasteiger partial charge in [-0.15, -0.1) is 11.3 Å². The molecule has 0 radical (unpaired) electrons. The third-order valence-electron chi connectivity index (χ3n) is 2.16. The number of thiazole rings is 1. The minimum absolute atomic E-state index is 0.514. The summed E-state index contributed by atoms with van der Waals surface area (Å²) in [6, 6.07) is 5.57. The fraction of sp³-hybridized carbons (Fsp3) is 0.182. The van der Waals surface area contributed by atoms with Gasteiger partial charge in [0.2, 0.25) is 0 Å². The van der Waals surface area contributed by atoms with E-state index in [4.69, 9.17) is 21.1 Å². The van der Waals surface area contributed by atoms with Gasteiger partial charge in [0.1, 0.15) is 11.5 Å². The lowest BCUT2D eigenvalue weighted by molar-refractivity contribution is 0.404. The van der Waals surface area contributed by atoms with Crippen molar-refractivity contribution in [2.45, 2.75) is 0 Å². The summed E-state index contributed by atoms with van der Waals surface area (Å²) < 4.78 is 11.0. The lowest BCUT2D eigenvalue weighted by Gasteiger charge is -2.08. The minimum atomic E-state index is 0.514. The standard InChI is InChI=1S/C11H10ClNO2S/c1-14-7-3-4-10(15-2)8(5-7)9-6-16-11(12)13-9/h3-6H,1-2H3. The van der Waals surface area contributed by atoms with E-state index in [9.17, 15) is 0 Å². The summed E-state index contributed by atoms with van der Waals surface area (Å²) in [7, 11) is 3.25. The molecule has 0 saturated carbocycles. The Kier molecular flexibility index (Phi) is 3.31. The fourth-order valence-electron chi connectivity index (χ4n) is 1.39. The van der Waals surface area contributed by atoms with Crippen LogP contribution in [-0.2, 0) is 0 Å². The zero-order valence-electron chi connectivity index (χ0n) is 8.86. The highest BCUT2D eigenvalue weighted by Gasteiger charge is 2.10. The predicted molar refractivity (Wildman–Crippen MR) is 65.7 cm³/mol. The van der Waals surface area contributed by atoms with Crippen molar-refractivity contribution in [1.82, 2.24) is 4.98 Å². The van der Waals surface area contributed by atoms with Crippen LogP contribution in [0.15, 0.2) is 23.6 Å². The Bertz CT molecular complexity index is 498. The van der Waals surface area contributed by atoms with Gasteiger partial charge in [0, 0.05) is 10.9 Å². The van der Waals surface area contributed by atoms with Gasteiger partial charge in [-0.25, -0.2) is 4.98 Å². The molecule has 0 aliphatic heterocycles. The summed E-state index contributed by atoms with van der Waals surface area (Å²) in [5.41, 5.74) is 1.68. The second kappa shape index (κ2) is 4.72. The molecular formula is C11H10ClNO2S. The number of benzene rings is 1. The van der Waals surface area contributed by atoms with Crippen LogP contribution in [0.3, 0.4) is 0 Å². The number of rotatable bonds is 3. The molecule has 0 spiro atoms. The first-order chi connectivity index (χ1) is 7.74. The van der Waals surface area contributed by atoms with Crippen molar-refractivity contribution < 1.29 is 9.47 Å². The molecule has 1 aromatic heterocycles. The molecule has 5 heteroatoms. The molecule has 0 aliphatic rings. The Labute approximate surface area is 103 Å². The molecule has 3 nitrogen and oxygen atoms in total. The SMILES string of the molecule is COc1ccc(OC)c(-c2csc(Cl)n2)c1. The van der Waals surface area contributed by atoms with Gasteiger partial charge in [-0.05, 0) is 18.2 Å². The highest BCUT2D eigenvalue weighted by atomic mass is 35.5. The van der Waals surface area contributed by atoms with Gasteiger partial charge in [0.25, 0.3) is 0 Å². The molecule has 16 heavy (non-hydrogen) atoms. The van der Waals surface area contributed by atoms with Gasteiger partial charge < -0.3 is 9.47 Å². The van der Waals surface area contributed by atoms with E-state index < -0.39 is 0 Å². The van der Waals surface area contributed by atoms with Crippen molar-refractivity contribution in [3.8, 4) is 22.8 Å². The lowest BCUT2D eigenvalue weighted by Crippen LogP contribution is -1.90. The summed E-state index contributed by atoms with van der Waals surface area (Å²) in [5, 5.41) is 1.89. The quantitative estimate of drug-likeness (QED) is 0.841. The molecule has 2 aromatic rings. The second-order valence-electron chi connectivity index (χ2n) is 3.05. The Balaban J connectivity index is 2.52. The molecule has 0 saturated heterocycles. The maximum atomic E-state index is 5.81. The number of nitrogens with zero attached hydrogens (tertiary/aromatic N) is 1. The Hall–Kier alpha value is -1.26. The van der Waals surface area contributed by atoms with E-state index in [0.717, 1.165) is 22.8 Å². The number of halogens is 1. The molecule has 1 aromatic carbocycles. The van der Waals surface area contributed by atoms with E-state index in [0.29, 0.717) is 4.47 Å². The molecule has 0 unspecified atom stereocenters. The van der Waals surface area contributed by atoms with Crippen LogP contribution in [0.4, 0.5) is 0 Å². The molecule has 0 atom stereocenters. The summed E-state index contributed by atoms with van der Waals surface area (Å²) in [6.45, 7) is 0. The highest BCUT2D eigenvalue weighted by Crippen LogP contribution is 2.34. The lowest BCUT2D eigenvalue weighted by atomic mass is 10.1. The van der Waals surface area contributed by atoms with Crippen molar-refractivity contribution in [2.75, 3.05) is 14.2 Å². The smallest absolute Gasteiger partial charge is 0.184 e. The largest absolute Gasteiger partial charge is 0.497 e. The van der Waals surface area contributed by atoms with Gasteiger partial charge in [-0.1, -0.05) is 11.6 Å². The molecule has 0 N–H and O–H groups in total. The van der Waals surface area contributed by atoms with E-state index in [2.05, 4.69) is 4.98 Å². The summed E-state index contributed by atoms with van der Waals surface area (Å²) in [6.07, 6.45) is 0. The average Bonchev–Trinajstić information content (AvgIpc) is 2.75. The van der Waals surface area contributed by atoms with Crippen LogP contribution in [0.2, 0.25) is 4.47 Å². The highest BCUT2D eigenvalue weighted by molar-refractivity contribution is 7.14. The van der Waals surface area contributed by atoms with E-state index in [1.807, 2.05) is 23.6 Å². The molecular weight excluding hydrogens is 246 g/mol. The van der Waals surface area contributed by atoms with Gasteiger partial charge in [0.05, 0.1) is 19.9 Å². The first-order valence-electron chi connectivity index (χ1n) is 4.58. The van der Waals surface area contributed by atoms with Gasteiger partial charge in [-0.2, -0.15) is 0 Å². The summed E-state index contributed by atoms with van der Waals surface area (Å²) in [5.74, 6) is 1.52. The topological polar surface area (TPSA) is 31.4 Å². The molecule has 0 fully saturated rings. The van der Waals surface area contributed by atoms with E-state index in [1.165, 1.54) is 11.3 Å². The van der Waals surface area contributed by atoms with E-state index >= 15 is 0 Å². The van der Waals surface area contributed by atoms with Crippen LogP contribution in [0, 0.1) is 0 Å². The number of methoxy groups -OCH3 is 2. The van der Waals surface area contributed by atoms with Crippen LogP contribution < -0.4 is 9.47 Å². The van der Waals surface area contributed by atoms with Gasteiger partial charge in [0.15, 0.2) is 4.47 Å². The third kappa shape index (κ3) is 2.13. The van der Waals surface area contributed by atoms with Crippen LogP contribution >= 0.6 is 22.9 Å². The Morgan fingerprint density at radius 2 is 2.06 bits per heavy atom. The summed E-state index contributed by atoms with van der Waals surface area (Å²) >= 11 is 7.20. The van der Waals surface area contributed by atoms with E-state index in [-0.39, 0.29) is 0 Å². The molecule has 84 valence electrons. The molecule has 2 rings (SSSR count). The summed E-state index contributed by atoms with van der Waals surface area (Å²) in [4.78, 5) is 4.21. The molecule has 0 bridgehead atoms. The first-order valence-corrected chi connectivity index (χ1v) is 5.84. The third-order valence-corrected chi connectivity index (χ3v) is 3.14. The second-order valence-corrected chi connectivity index (χ2v) is 4.49. The molecule has 1 heterocycles. The molecule has 0 aliphatic carbocycles. The zero-order valence-corrected chi connectivity index (χ0v) is 10.4. The van der Waals surface area contributed by atoms with Crippen LogP contribution in [0.1, 0.15) is 0 Å². The van der Waals surface area contributed by atoms with Gasteiger partial charge >= 0.3 is 0 Å². The molecule has 0 amide bonds. The maximum absolute atomic E-state index is 5.81. The fourth-order valence-corrected chi connectivity index (χ4v) is 2.15. The Morgan fingerprint density at radius 3 is 2.62 bits per heavy atom. The number of aromatic nitrogens is 1. The average molecular weight is 256 g/mol. The number of hydrogen-bond donors (Lipinski definition) is 0. The van der Waals surface area contributed by atoms with E-state index in [1.54, 1.807) is 14.2 Å². The monoisotopic (exact) mass is 255 g/mol.